The summed E-state index contributed by atoms with van der Waals surface area (Å²) in [5.74, 6) is 0.829. The van der Waals surface area contributed by atoms with Crippen LogP contribution in [0.3, 0.4) is 0 Å². The van der Waals surface area contributed by atoms with Crippen LogP contribution in [0.5, 0.6) is 11.5 Å². The van der Waals surface area contributed by atoms with Crippen LogP contribution in [0.25, 0.3) is 0 Å². The van der Waals surface area contributed by atoms with Crippen molar-refractivity contribution >= 4 is 12.2 Å². The fraction of sp³-hybridized carbons (Fsp3) is 0.429. The maximum absolute atomic E-state index is 11.3. The van der Waals surface area contributed by atoms with Gasteiger partial charge in [-0.3, -0.25) is 9.59 Å². The van der Waals surface area contributed by atoms with Gasteiger partial charge in [-0.05, 0) is 26.0 Å². The summed E-state index contributed by atoms with van der Waals surface area (Å²) in [4.78, 5) is 22.3. The summed E-state index contributed by atoms with van der Waals surface area (Å²) in [5.41, 5.74) is 0.418. The monoisotopic (exact) mass is 265 g/mol. The standard InChI is InChI=1S/C14H19NO4/c1-3-15-13(17)8-9-19-14-11(10-16)6-5-7-12(14)18-4-2/h5-7,10H,3-4,8-9H2,1-2H3,(H,15,17). The van der Waals surface area contributed by atoms with Gasteiger partial charge in [-0.2, -0.15) is 0 Å². The molecule has 0 spiro atoms. The van der Waals surface area contributed by atoms with Gasteiger partial charge in [-0.1, -0.05) is 6.07 Å². The summed E-state index contributed by atoms with van der Waals surface area (Å²) in [6.45, 7) is 4.99. The molecule has 0 saturated carbocycles. The largest absolute Gasteiger partial charge is 0.490 e. The van der Waals surface area contributed by atoms with Gasteiger partial charge in [0.15, 0.2) is 17.8 Å². The van der Waals surface area contributed by atoms with E-state index in [1.54, 1.807) is 18.2 Å². The maximum atomic E-state index is 11.3. The first-order chi connectivity index (χ1) is 9.22. The van der Waals surface area contributed by atoms with Gasteiger partial charge in [0.1, 0.15) is 0 Å². The van der Waals surface area contributed by atoms with Crippen molar-refractivity contribution < 1.29 is 19.1 Å². The Morgan fingerprint density at radius 3 is 2.74 bits per heavy atom. The average molecular weight is 265 g/mol. The van der Waals surface area contributed by atoms with Crippen molar-refractivity contribution in [2.24, 2.45) is 0 Å². The minimum Gasteiger partial charge on any atom is -0.490 e. The predicted molar refractivity (Wildman–Crippen MR) is 71.8 cm³/mol. The third-order valence-electron chi connectivity index (χ3n) is 2.39. The van der Waals surface area contributed by atoms with E-state index >= 15 is 0 Å². The molecular weight excluding hydrogens is 246 g/mol. The lowest BCUT2D eigenvalue weighted by molar-refractivity contribution is -0.121. The highest BCUT2D eigenvalue weighted by atomic mass is 16.5. The van der Waals surface area contributed by atoms with Crippen LogP contribution in [0.1, 0.15) is 30.6 Å². The Labute approximate surface area is 112 Å². The van der Waals surface area contributed by atoms with Crippen LogP contribution in [0, 0.1) is 0 Å². The summed E-state index contributed by atoms with van der Waals surface area (Å²) < 4.78 is 10.9. The number of ether oxygens (including phenoxy) is 2. The molecule has 0 atom stereocenters. The van der Waals surface area contributed by atoms with Gasteiger partial charge in [0, 0.05) is 6.54 Å². The molecule has 0 unspecified atom stereocenters. The van der Waals surface area contributed by atoms with Gasteiger partial charge >= 0.3 is 0 Å². The highest BCUT2D eigenvalue weighted by Crippen LogP contribution is 2.30. The van der Waals surface area contributed by atoms with Gasteiger partial charge in [-0.15, -0.1) is 0 Å². The zero-order chi connectivity index (χ0) is 14.1. The molecule has 0 radical (unpaired) electrons. The first-order valence-electron chi connectivity index (χ1n) is 6.33. The lowest BCUT2D eigenvalue weighted by Crippen LogP contribution is -2.24. The van der Waals surface area contributed by atoms with Crippen LogP contribution in [0.2, 0.25) is 0 Å². The second kappa shape index (κ2) is 8.13. The molecule has 0 saturated heterocycles. The predicted octanol–water partition coefficient (Wildman–Crippen LogP) is 1.80. The fourth-order valence-corrected chi connectivity index (χ4v) is 1.58. The van der Waals surface area contributed by atoms with E-state index in [9.17, 15) is 9.59 Å². The quantitative estimate of drug-likeness (QED) is 0.728. The first-order valence-corrected chi connectivity index (χ1v) is 6.33. The molecule has 19 heavy (non-hydrogen) atoms. The van der Waals surface area contributed by atoms with Crippen molar-refractivity contribution in [3.05, 3.63) is 23.8 Å². The van der Waals surface area contributed by atoms with Gasteiger partial charge in [0.2, 0.25) is 5.91 Å². The number of hydrogen-bond donors (Lipinski definition) is 1. The first kappa shape index (κ1) is 15.0. The number of nitrogens with one attached hydrogen (secondary N) is 1. The number of carbonyl (C=O) groups is 2. The SMILES string of the molecule is CCNC(=O)CCOc1c(C=O)cccc1OCC. The number of rotatable bonds is 8. The van der Waals surface area contributed by atoms with Crippen molar-refractivity contribution in [3.8, 4) is 11.5 Å². The van der Waals surface area contributed by atoms with Gasteiger partial charge in [0.25, 0.3) is 0 Å². The molecular formula is C14H19NO4. The molecule has 0 aliphatic rings. The van der Waals surface area contributed by atoms with E-state index in [4.69, 9.17) is 9.47 Å². The van der Waals surface area contributed by atoms with E-state index in [1.165, 1.54) is 0 Å². The zero-order valence-electron chi connectivity index (χ0n) is 11.3. The Kier molecular flexibility index (Phi) is 6.43. The number of aldehydes is 1. The van der Waals surface area contributed by atoms with Gasteiger partial charge in [0.05, 0.1) is 25.2 Å². The van der Waals surface area contributed by atoms with Crippen molar-refractivity contribution in [1.29, 1.82) is 0 Å². The third-order valence-corrected chi connectivity index (χ3v) is 2.39. The summed E-state index contributed by atoms with van der Waals surface area (Å²) >= 11 is 0. The summed E-state index contributed by atoms with van der Waals surface area (Å²) in [6.07, 6.45) is 0.955. The molecule has 1 aromatic carbocycles. The average Bonchev–Trinajstić information content (AvgIpc) is 2.41. The molecule has 0 aliphatic heterocycles. The van der Waals surface area contributed by atoms with Crippen molar-refractivity contribution in [1.82, 2.24) is 5.32 Å². The highest BCUT2D eigenvalue weighted by molar-refractivity contribution is 5.81. The number of carbonyl (C=O) groups excluding carboxylic acids is 2. The van der Waals surface area contributed by atoms with Crippen LogP contribution in [-0.2, 0) is 4.79 Å². The van der Waals surface area contributed by atoms with Crippen molar-refractivity contribution in [2.45, 2.75) is 20.3 Å². The number of benzene rings is 1. The molecule has 0 aliphatic carbocycles. The lowest BCUT2D eigenvalue weighted by atomic mass is 10.2. The summed E-state index contributed by atoms with van der Waals surface area (Å²) in [5, 5.41) is 2.68. The van der Waals surface area contributed by atoms with Crippen LogP contribution >= 0.6 is 0 Å². The molecule has 0 bridgehead atoms. The highest BCUT2D eigenvalue weighted by Gasteiger charge is 2.11. The minimum atomic E-state index is -0.0796. The fourth-order valence-electron chi connectivity index (χ4n) is 1.58. The van der Waals surface area contributed by atoms with Crippen LogP contribution in [0.15, 0.2) is 18.2 Å². The van der Waals surface area contributed by atoms with E-state index in [0.717, 1.165) is 0 Å². The smallest absolute Gasteiger partial charge is 0.223 e. The van der Waals surface area contributed by atoms with Crippen molar-refractivity contribution in [3.63, 3.8) is 0 Å². The molecule has 5 nitrogen and oxygen atoms in total. The van der Waals surface area contributed by atoms with E-state index in [0.29, 0.717) is 36.5 Å². The van der Waals surface area contributed by atoms with E-state index in [-0.39, 0.29) is 18.9 Å². The van der Waals surface area contributed by atoms with Crippen molar-refractivity contribution in [2.75, 3.05) is 19.8 Å². The summed E-state index contributed by atoms with van der Waals surface area (Å²) in [7, 11) is 0. The zero-order valence-corrected chi connectivity index (χ0v) is 11.3. The number of amides is 1. The Morgan fingerprint density at radius 2 is 2.11 bits per heavy atom. The van der Waals surface area contributed by atoms with Crippen LogP contribution < -0.4 is 14.8 Å². The van der Waals surface area contributed by atoms with E-state index in [1.807, 2.05) is 13.8 Å². The van der Waals surface area contributed by atoms with Gasteiger partial charge < -0.3 is 14.8 Å². The molecule has 1 aromatic rings. The summed E-state index contributed by atoms with van der Waals surface area (Å²) in [6, 6.07) is 5.11. The Bertz CT molecular complexity index is 431. The lowest BCUT2D eigenvalue weighted by Gasteiger charge is -2.13. The normalized spacial score (nSPS) is 9.79. The van der Waals surface area contributed by atoms with E-state index in [2.05, 4.69) is 5.32 Å². The third kappa shape index (κ3) is 4.62. The molecule has 0 heterocycles. The second-order valence-corrected chi connectivity index (χ2v) is 3.78. The molecule has 1 N–H and O–H groups in total. The molecule has 0 aromatic heterocycles. The topological polar surface area (TPSA) is 64.6 Å². The molecule has 104 valence electrons. The Balaban J connectivity index is 2.69. The van der Waals surface area contributed by atoms with Gasteiger partial charge in [-0.25, -0.2) is 0 Å². The van der Waals surface area contributed by atoms with Crippen LogP contribution in [-0.4, -0.2) is 32.0 Å². The minimum absolute atomic E-state index is 0.0796. The second-order valence-electron chi connectivity index (χ2n) is 3.78. The molecule has 1 rings (SSSR count). The Hall–Kier alpha value is -2.04. The molecule has 5 heteroatoms. The maximum Gasteiger partial charge on any atom is 0.223 e. The van der Waals surface area contributed by atoms with Crippen LogP contribution in [0.4, 0.5) is 0 Å². The molecule has 0 fully saturated rings. The number of para-hydroxylation sites is 1. The Morgan fingerprint density at radius 1 is 1.32 bits per heavy atom. The number of hydrogen-bond acceptors (Lipinski definition) is 4. The molecule has 1 amide bonds. The van der Waals surface area contributed by atoms with E-state index < -0.39 is 0 Å².